The number of halogens is 1. The first-order chi connectivity index (χ1) is 9.11. The summed E-state index contributed by atoms with van der Waals surface area (Å²) in [6, 6.07) is 6.70. The van der Waals surface area contributed by atoms with Crippen molar-refractivity contribution in [2.45, 2.75) is 20.4 Å². The highest BCUT2D eigenvalue weighted by Gasteiger charge is 2.08. The zero-order valence-corrected chi connectivity index (χ0v) is 11.3. The van der Waals surface area contributed by atoms with E-state index in [1.54, 1.807) is 12.1 Å². The summed E-state index contributed by atoms with van der Waals surface area (Å²) in [6.45, 7) is 4.15. The molecule has 0 aliphatic rings. The Morgan fingerprint density at radius 1 is 1.11 bits per heavy atom. The van der Waals surface area contributed by atoms with Crippen LogP contribution in [0.2, 0.25) is 0 Å². The Bertz CT molecular complexity index is 584. The van der Waals surface area contributed by atoms with Crippen molar-refractivity contribution in [1.29, 1.82) is 0 Å². The van der Waals surface area contributed by atoms with Crippen molar-refractivity contribution in [2.24, 2.45) is 0 Å². The molecule has 0 saturated carbocycles. The molecule has 0 bridgehead atoms. The van der Waals surface area contributed by atoms with Crippen LogP contribution in [0.4, 0.5) is 16.0 Å². The summed E-state index contributed by atoms with van der Waals surface area (Å²) in [7, 11) is 1.81. The van der Waals surface area contributed by atoms with Crippen molar-refractivity contribution in [2.75, 3.05) is 17.7 Å². The van der Waals surface area contributed by atoms with Crippen LogP contribution in [0.25, 0.3) is 0 Å². The molecule has 0 atom stereocenters. The van der Waals surface area contributed by atoms with Gasteiger partial charge in [0.05, 0.1) is 0 Å². The van der Waals surface area contributed by atoms with E-state index in [-0.39, 0.29) is 5.82 Å². The lowest BCUT2D eigenvalue weighted by molar-refractivity contribution is 0.613. The molecule has 1 aromatic carbocycles. The lowest BCUT2D eigenvalue weighted by atomic mass is 10.2. The molecule has 19 heavy (non-hydrogen) atoms. The van der Waals surface area contributed by atoms with E-state index in [0.717, 1.165) is 17.2 Å². The second-order valence-electron chi connectivity index (χ2n) is 4.29. The van der Waals surface area contributed by atoms with E-state index in [0.29, 0.717) is 17.9 Å². The van der Waals surface area contributed by atoms with Gasteiger partial charge in [-0.25, -0.2) is 14.4 Å². The second-order valence-corrected chi connectivity index (χ2v) is 4.29. The first-order valence-corrected chi connectivity index (χ1v) is 6.12. The molecule has 0 aliphatic heterocycles. The van der Waals surface area contributed by atoms with Crippen molar-refractivity contribution in [3.63, 3.8) is 0 Å². The minimum atomic E-state index is -0.215. The van der Waals surface area contributed by atoms with Gasteiger partial charge >= 0.3 is 0 Å². The number of nitrogens with zero attached hydrogens (tertiary/aromatic N) is 2. The van der Waals surface area contributed by atoms with Crippen LogP contribution in [0.15, 0.2) is 24.3 Å². The van der Waals surface area contributed by atoms with Gasteiger partial charge < -0.3 is 10.6 Å². The standard InChI is InChI=1S/C14H17FN4/c1-9-13(16-3)18-10(2)19-14(9)17-8-11-6-4-5-7-12(11)15/h4-7H,8H2,1-3H3,(H2,16,17,18,19). The number of nitrogens with one attached hydrogen (secondary N) is 2. The van der Waals surface area contributed by atoms with Gasteiger partial charge in [-0.1, -0.05) is 18.2 Å². The fraction of sp³-hybridized carbons (Fsp3) is 0.286. The van der Waals surface area contributed by atoms with Gasteiger partial charge in [-0.2, -0.15) is 0 Å². The van der Waals surface area contributed by atoms with E-state index < -0.39 is 0 Å². The minimum Gasteiger partial charge on any atom is -0.373 e. The van der Waals surface area contributed by atoms with Crippen molar-refractivity contribution in [3.8, 4) is 0 Å². The summed E-state index contributed by atoms with van der Waals surface area (Å²) in [5.41, 5.74) is 1.54. The normalized spacial score (nSPS) is 10.3. The molecule has 0 saturated heterocycles. The zero-order chi connectivity index (χ0) is 13.8. The fourth-order valence-electron chi connectivity index (χ4n) is 1.86. The van der Waals surface area contributed by atoms with Gasteiger partial charge in [0.1, 0.15) is 23.3 Å². The molecular formula is C14H17FN4. The maximum atomic E-state index is 13.5. The fourth-order valence-corrected chi connectivity index (χ4v) is 1.86. The third-order valence-corrected chi connectivity index (χ3v) is 2.90. The lowest BCUT2D eigenvalue weighted by Gasteiger charge is -2.12. The summed E-state index contributed by atoms with van der Waals surface area (Å²) < 4.78 is 13.5. The van der Waals surface area contributed by atoms with Crippen LogP contribution in [0.1, 0.15) is 17.0 Å². The lowest BCUT2D eigenvalue weighted by Crippen LogP contribution is -2.09. The summed E-state index contributed by atoms with van der Waals surface area (Å²) in [5.74, 6) is 1.96. The third-order valence-electron chi connectivity index (χ3n) is 2.90. The Hall–Kier alpha value is -2.17. The van der Waals surface area contributed by atoms with Crippen LogP contribution in [-0.2, 0) is 6.54 Å². The highest BCUT2D eigenvalue weighted by molar-refractivity contribution is 5.57. The van der Waals surface area contributed by atoms with Crippen LogP contribution in [-0.4, -0.2) is 17.0 Å². The van der Waals surface area contributed by atoms with E-state index in [1.807, 2.05) is 27.0 Å². The van der Waals surface area contributed by atoms with Gasteiger partial charge in [-0.15, -0.1) is 0 Å². The van der Waals surface area contributed by atoms with Gasteiger partial charge in [0, 0.05) is 24.7 Å². The van der Waals surface area contributed by atoms with Crippen molar-refractivity contribution < 1.29 is 4.39 Å². The quantitative estimate of drug-likeness (QED) is 0.887. The van der Waals surface area contributed by atoms with Gasteiger partial charge in [0.25, 0.3) is 0 Å². The van der Waals surface area contributed by atoms with E-state index >= 15 is 0 Å². The Kier molecular flexibility index (Phi) is 3.94. The Morgan fingerprint density at radius 3 is 2.47 bits per heavy atom. The number of benzene rings is 1. The highest BCUT2D eigenvalue weighted by atomic mass is 19.1. The maximum Gasteiger partial charge on any atom is 0.135 e. The molecule has 2 aromatic rings. The minimum absolute atomic E-state index is 0.215. The zero-order valence-electron chi connectivity index (χ0n) is 11.3. The average Bonchev–Trinajstić information content (AvgIpc) is 2.41. The topological polar surface area (TPSA) is 49.8 Å². The predicted molar refractivity (Wildman–Crippen MR) is 74.8 cm³/mol. The van der Waals surface area contributed by atoms with Crippen molar-refractivity contribution >= 4 is 11.6 Å². The summed E-state index contributed by atoms with van der Waals surface area (Å²) >= 11 is 0. The van der Waals surface area contributed by atoms with Crippen LogP contribution < -0.4 is 10.6 Å². The molecule has 2 N–H and O–H groups in total. The largest absolute Gasteiger partial charge is 0.373 e. The molecule has 0 amide bonds. The highest BCUT2D eigenvalue weighted by Crippen LogP contribution is 2.20. The Balaban J connectivity index is 2.20. The van der Waals surface area contributed by atoms with Crippen molar-refractivity contribution in [1.82, 2.24) is 9.97 Å². The number of anilines is 2. The smallest absolute Gasteiger partial charge is 0.135 e. The second kappa shape index (κ2) is 5.65. The number of aromatic nitrogens is 2. The number of aryl methyl sites for hydroxylation is 1. The monoisotopic (exact) mass is 260 g/mol. The van der Waals surface area contributed by atoms with Gasteiger partial charge in [0.15, 0.2) is 0 Å². The van der Waals surface area contributed by atoms with Gasteiger partial charge in [-0.3, -0.25) is 0 Å². The summed E-state index contributed by atoms with van der Waals surface area (Å²) in [6.07, 6.45) is 0. The molecule has 0 unspecified atom stereocenters. The number of hydrogen-bond acceptors (Lipinski definition) is 4. The third kappa shape index (κ3) is 2.99. The van der Waals surface area contributed by atoms with Crippen LogP contribution >= 0.6 is 0 Å². The van der Waals surface area contributed by atoms with Gasteiger partial charge in [0.2, 0.25) is 0 Å². The van der Waals surface area contributed by atoms with E-state index in [1.165, 1.54) is 6.07 Å². The Labute approximate surface area is 112 Å². The number of hydrogen-bond donors (Lipinski definition) is 2. The maximum absolute atomic E-state index is 13.5. The molecular weight excluding hydrogens is 243 g/mol. The average molecular weight is 260 g/mol. The number of rotatable bonds is 4. The van der Waals surface area contributed by atoms with E-state index in [9.17, 15) is 4.39 Å². The first-order valence-electron chi connectivity index (χ1n) is 6.12. The molecule has 0 radical (unpaired) electrons. The molecule has 0 fully saturated rings. The molecule has 1 aromatic heterocycles. The van der Waals surface area contributed by atoms with Crippen LogP contribution in [0.5, 0.6) is 0 Å². The predicted octanol–water partition coefficient (Wildman–Crippen LogP) is 2.89. The van der Waals surface area contributed by atoms with Crippen LogP contribution in [0, 0.1) is 19.7 Å². The molecule has 2 rings (SSSR count). The summed E-state index contributed by atoms with van der Waals surface area (Å²) in [5, 5.41) is 6.18. The molecule has 0 aliphatic carbocycles. The molecule has 100 valence electrons. The van der Waals surface area contributed by atoms with E-state index in [4.69, 9.17) is 0 Å². The molecule has 0 spiro atoms. The molecule has 1 heterocycles. The summed E-state index contributed by atoms with van der Waals surface area (Å²) in [4.78, 5) is 8.63. The van der Waals surface area contributed by atoms with Crippen LogP contribution in [0.3, 0.4) is 0 Å². The first kappa shape index (κ1) is 13.3. The van der Waals surface area contributed by atoms with Gasteiger partial charge in [-0.05, 0) is 19.9 Å². The Morgan fingerprint density at radius 2 is 1.79 bits per heavy atom. The van der Waals surface area contributed by atoms with E-state index in [2.05, 4.69) is 20.6 Å². The SMILES string of the molecule is CNc1nc(C)nc(NCc2ccccc2F)c1C. The van der Waals surface area contributed by atoms with Crippen molar-refractivity contribution in [3.05, 3.63) is 47.0 Å². The molecule has 5 heteroatoms. The molecule has 4 nitrogen and oxygen atoms in total.